The summed E-state index contributed by atoms with van der Waals surface area (Å²) in [5.74, 6) is 0.793. The van der Waals surface area contributed by atoms with Gasteiger partial charge in [-0.2, -0.15) is 9.97 Å². The Kier molecular flexibility index (Phi) is 14.1. The number of anilines is 3. The summed E-state index contributed by atoms with van der Waals surface area (Å²) >= 11 is 0. The van der Waals surface area contributed by atoms with E-state index >= 15 is 0 Å². The highest BCUT2D eigenvalue weighted by molar-refractivity contribution is 6.05. The van der Waals surface area contributed by atoms with E-state index in [1.54, 1.807) is 23.4 Å². The van der Waals surface area contributed by atoms with Crippen LogP contribution in [0.25, 0.3) is 11.2 Å². The summed E-state index contributed by atoms with van der Waals surface area (Å²) < 4.78 is 8.08. The molecule has 1 unspecified atom stereocenters. The molecule has 1 saturated heterocycles. The van der Waals surface area contributed by atoms with Gasteiger partial charge in [0.05, 0.1) is 32.1 Å². The van der Waals surface area contributed by atoms with Crippen molar-refractivity contribution in [2.24, 2.45) is 0 Å². The second-order valence-corrected chi connectivity index (χ2v) is 15.1. The Morgan fingerprint density at radius 2 is 1.75 bits per heavy atom. The molecule has 15 nitrogen and oxygen atoms in total. The van der Waals surface area contributed by atoms with Crippen molar-refractivity contribution < 1.29 is 29.0 Å². The zero-order valence-corrected chi connectivity index (χ0v) is 33.2. The summed E-state index contributed by atoms with van der Waals surface area (Å²) in [7, 11) is 0. The molecule has 4 amide bonds. The Hall–Kier alpha value is -5.57. The van der Waals surface area contributed by atoms with E-state index in [1.165, 1.54) is 0 Å². The molecule has 2 aromatic carbocycles. The highest BCUT2D eigenvalue weighted by atomic mass is 16.5. The Bertz CT molecular complexity index is 2030. The smallest absolute Gasteiger partial charge is 0.255 e. The third-order valence-electron chi connectivity index (χ3n) is 10.6. The summed E-state index contributed by atoms with van der Waals surface area (Å²) in [6.45, 7) is 7.46. The fraction of sp³-hybridized carbons (Fsp3) is 0.500. The van der Waals surface area contributed by atoms with Gasteiger partial charge in [-0.25, -0.2) is 4.98 Å². The maximum Gasteiger partial charge on any atom is 0.255 e. The molecular formula is C42H55N9O6. The van der Waals surface area contributed by atoms with E-state index in [9.17, 15) is 24.3 Å². The van der Waals surface area contributed by atoms with Crippen LogP contribution in [0.5, 0.6) is 5.75 Å². The lowest BCUT2D eigenvalue weighted by Crippen LogP contribution is -2.52. The van der Waals surface area contributed by atoms with Crippen molar-refractivity contribution in [3.05, 3.63) is 65.5 Å². The Balaban J connectivity index is 0.853. The van der Waals surface area contributed by atoms with Gasteiger partial charge < -0.3 is 35.3 Å². The van der Waals surface area contributed by atoms with Gasteiger partial charge >= 0.3 is 0 Å². The summed E-state index contributed by atoms with van der Waals surface area (Å²) in [5.41, 5.74) is 4.52. The van der Waals surface area contributed by atoms with E-state index in [4.69, 9.17) is 9.72 Å². The van der Waals surface area contributed by atoms with Crippen LogP contribution in [0.15, 0.2) is 48.8 Å². The van der Waals surface area contributed by atoms with Crippen LogP contribution in [0.3, 0.4) is 0 Å². The molecule has 6 rings (SSSR count). The molecule has 4 heterocycles. The number of imide groups is 1. The van der Waals surface area contributed by atoms with Crippen LogP contribution in [0, 0.1) is 0 Å². The van der Waals surface area contributed by atoms with E-state index in [2.05, 4.69) is 45.1 Å². The number of carbonyl (C=O) groups excluding carboxylic acids is 4. The monoisotopic (exact) mass is 781 g/mol. The minimum Gasteiger partial charge on any atom is -0.493 e. The number of aromatic nitrogens is 4. The van der Waals surface area contributed by atoms with Gasteiger partial charge in [0.25, 0.3) is 5.91 Å². The molecule has 2 aliphatic rings. The molecule has 1 fully saturated rings. The first-order valence-electron chi connectivity index (χ1n) is 20.3. The van der Waals surface area contributed by atoms with Gasteiger partial charge in [0, 0.05) is 42.2 Å². The number of ether oxygens (including phenoxy) is 1. The molecule has 2 aliphatic heterocycles. The highest BCUT2D eigenvalue weighted by Crippen LogP contribution is 2.34. The van der Waals surface area contributed by atoms with E-state index in [0.29, 0.717) is 66.8 Å². The molecule has 2 atom stereocenters. The fourth-order valence-corrected chi connectivity index (χ4v) is 7.20. The second-order valence-electron chi connectivity index (χ2n) is 15.1. The number of amides is 4. The van der Waals surface area contributed by atoms with E-state index < -0.39 is 11.9 Å². The van der Waals surface area contributed by atoms with Gasteiger partial charge in [-0.1, -0.05) is 57.2 Å². The molecule has 0 spiro atoms. The molecule has 0 saturated carbocycles. The number of hydrogen-bond acceptors (Lipinski definition) is 11. The van der Waals surface area contributed by atoms with E-state index in [-0.39, 0.29) is 42.8 Å². The van der Waals surface area contributed by atoms with Gasteiger partial charge in [0.15, 0.2) is 17.0 Å². The average Bonchev–Trinajstić information content (AvgIpc) is 3.79. The molecule has 2 aromatic heterocycles. The topological polar surface area (TPSA) is 193 Å². The number of aliphatic hydroxyl groups excluding tert-OH is 1. The lowest BCUT2D eigenvalue weighted by molar-refractivity contribution is -0.137. The number of unbranched alkanes of at least 4 members (excludes halogenated alkanes) is 6. The third kappa shape index (κ3) is 10.4. The number of nitrogens with zero attached hydrogens (tertiary/aromatic N) is 5. The van der Waals surface area contributed by atoms with Crippen molar-refractivity contribution in [2.45, 2.75) is 123 Å². The normalized spacial score (nSPS) is 15.8. The lowest BCUT2D eigenvalue weighted by Gasteiger charge is -2.29. The number of piperidine rings is 1. The van der Waals surface area contributed by atoms with Gasteiger partial charge in [-0.05, 0) is 69.4 Å². The summed E-state index contributed by atoms with van der Waals surface area (Å²) in [6, 6.07) is 12.6. The largest absolute Gasteiger partial charge is 0.493 e. The van der Waals surface area contributed by atoms with E-state index in [1.807, 2.05) is 41.8 Å². The van der Waals surface area contributed by atoms with Crippen molar-refractivity contribution in [3.8, 4) is 5.75 Å². The van der Waals surface area contributed by atoms with Crippen LogP contribution >= 0.6 is 0 Å². The summed E-state index contributed by atoms with van der Waals surface area (Å²) in [6.07, 6.45) is 10.5. The maximum atomic E-state index is 13.0. The quantitative estimate of drug-likeness (QED) is 0.0485. The van der Waals surface area contributed by atoms with Crippen LogP contribution in [-0.4, -0.2) is 78.5 Å². The van der Waals surface area contributed by atoms with Gasteiger partial charge in [-0.3, -0.25) is 24.5 Å². The van der Waals surface area contributed by atoms with Gasteiger partial charge in [-0.15, -0.1) is 0 Å². The van der Waals surface area contributed by atoms with E-state index in [0.717, 1.165) is 68.2 Å². The fourth-order valence-electron chi connectivity index (χ4n) is 7.20. The minimum absolute atomic E-state index is 0.00441. The SMILES string of the molecule is CC[C@H](CO)Nc1nc(NCc2ccc(NC(=O)CCCCCCCCCOc3cccc4c3CN(C3CCC(=O)NC3=O)C4=O)cc2)c2ncn(C(C)C)c2n1. The zero-order chi connectivity index (χ0) is 40.3. The first kappa shape index (κ1) is 41.1. The first-order valence-corrected chi connectivity index (χ1v) is 20.3. The summed E-state index contributed by atoms with van der Waals surface area (Å²) in [4.78, 5) is 65.1. The Morgan fingerprint density at radius 3 is 2.47 bits per heavy atom. The molecule has 0 aliphatic carbocycles. The predicted molar refractivity (Wildman–Crippen MR) is 218 cm³/mol. The first-order chi connectivity index (χ1) is 27.6. The predicted octanol–water partition coefficient (Wildman–Crippen LogP) is 6.10. The van der Waals surface area contributed by atoms with Crippen molar-refractivity contribution in [1.29, 1.82) is 0 Å². The lowest BCUT2D eigenvalue weighted by atomic mass is 10.0. The highest BCUT2D eigenvalue weighted by Gasteiger charge is 2.40. The minimum atomic E-state index is -0.644. The van der Waals surface area contributed by atoms with Crippen molar-refractivity contribution in [1.82, 2.24) is 29.7 Å². The number of fused-ring (bicyclic) bond motifs is 2. The number of aliphatic hydroxyl groups is 1. The molecular weight excluding hydrogens is 727 g/mol. The summed E-state index contributed by atoms with van der Waals surface area (Å²) in [5, 5.41) is 21.7. The molecule has 5 N–H and O–H groups in total. The van der Waals surface area contributed by atoms with Crippen molar-refractivity contribution >= 4 is 52.2 Å². The zero-order valence-electron chi connectivity index (χ0n) is 33.2. The van der Waals surface area contributed by atoms with Crippen LogP contribution in [0.1, 0.15) is 119 Å². The van der Waals surface area contributed by atoms with Crippen LogP contribution in [0.4, 0.5) is 17.5 Å². The van der Waals surface area contributed by atoms with Crippen LogP contribution in [0.2, 0.25) is 0 Å². The number of carbonyl (C=O) groups is 4. The third-order valence-corrected chi connectivity index (χ3v) is 10.6. The van der Waals surface area contributed by atoms with Gasteiger partial charge in [0.1, 0.15) is 11.8 Å². The molecule has 304 valence electrons. The van der Waals surface area contributed by atoms with Crippen molar-refractivity contribution in [3.63, 3.8) is 0 Å². The Labute approximate surface area is 333 Å². The average molecular weight is 782 g/mol. The number of rotatable bonds is 21. The molecule has 4 aromatic rings. The molecule has 57 heavy (non-hydrogen) atoms. The van der Waals surface area contributed by atoms with Gasteiger partial charge in [0.2, 0.25) is 23.7 Å². The van der Waals surface area contributed by atoms with Crippen LogP contribution < -0.4 is 26.0 Å². The molecule has 15 heteroatoms. The second kappa shape index (κ2) is 19.5. The number of imidazole rings is 1. The number of benzene rings is 2. The van der Waals surface area contributed by atoms with Crippen molar-refractivity contribution in [2.75, 3.05) is 29.2 Å². The number of nitrogens with one attached hydrogen (secondary N) is 4. The maximum absolute atomic E-state index is 13.0. The van der Waals surface area contributed by atoms with Crippen LogP contribution in [-0.2, 0) is 27.5 Å². The molecule has 0 bridgehead atoms. The Morgan fingerprint density at radius 1 is 1.00 bits per heavy atom. The molecule has 0 radical (unpaired) electrons. The standard InChI is InChI=1S/C42H55N9O6/c1-4-29(25-52)46-42-48-38(37-39(49-42)51(26-44-37)27(2)3)43-23-28-16-18-30(19-17-28)45-35(53)15-10-8-6-5-7-9-11-22-57-34-14-12-13-31-32(34)24-50(41(31)56)33-20-21-36(54)47-40(33)55/h12-14,16-19,26-27,29,33,52H,4-11,15,20-25H2,1-3H3,(H,45,53)(H,47,54,55)(H2,43,46,48,49)/t29-,33?/m1/s1. The number of hydrogen-bond donors (Lipinski definition) is 5.